The van der Waals surface area contributed by atoms with Crippen LogP contribution in [0.5, 0.6) is 0 Å². The molecular formula is C42H26O. The summed E-state index contributed by atoms with van der Waals surface area (Å²) in [5.74, 6) is 0. The van der Waals surface area contributed by atoms with Gasteiger partial charge in [-0.15, -0.1) is 0 Å². The number of hydrogen-bond donors (Lipinski definition) is 0. The second kappa shape index (κ2) is 9.44. The fourth-order valence-electron chi connectivity index (χ4n) is 5.23. The molecule has 0 atom stereocenters. The van der Waals surface area contributed by atoms with Crippen molar-refractivity contribution in [2.45, 2.75) is 0 Å². The molecule has 0 radical (unpaired) electrons. The van der Waals surface area contributed by atoms with Gasteiger partial charge in [-0.2, -0.15) is 0 Å². The minimum atomic E-state index is -1.07. The van der Waals surface area contributed by atoms with Crippen LogP contribution in [0.3, 0.4) is 0 Å². The van der Waals surface area contributed by atoms with Gasteiger partial charge in [-0.1, -0.05) is 139 Å². The van der Waals surface area contributed by atoms with Crippen molar-refractivity contribution in [3.05, 3.63) is 157 Å². The van der Waals surface area contributed by atoms with Crippen molar-refractivity contribution in [1.82, 2.24) is 0 Å². The third-order valence-corrected chi connectivity index (χ3v) is 7.01. The first kappa shape index (κ1) is 9.69. The standard InChI is InChI=1S/C42H26O/c1-2-14-29-27(12-1)13-11-22-30(29)31-15-3-4-17-34(31)42-37-20-7-5-18-35(37)41(36-19-6-8-21-38(36)42)28-24-25-33-32-16-9-10-23-39(32)43-40(33)26-28/h1-26H/i1D,2D,3D,4D,5D,6D,7D,8D,9D,10D,11D,12D,13D,14D,15D,16D,17D,18D,19D,20D,21D,22D,23D,24D,25D,26D. The van der Waals surface area contributed by atoms with Crippen LogP contribution in [0.1, 0.15) is 35.6 Å². The van der Waals surface area contributed by atoms with E-state index in [0.717, 1.165) is 0 Å². The predicted octanol–water partition coefficient (Wildman–Crippen LogP) is 12.0. The number of fused-ring (bicyclic) bond motifs is 6. The Morgan fingerprint density at radius 1 is 0.349 bits per heavy atom. The molecule has 43 heavy (non-hydrogen) atoms. The predicted molar refractivity (Wildman–Crippen MR) is 183 cm³/mol. The lowest BCUT2D eigenvalue weighted by atomic mass is 9.83. The van der Waals surface area contributed by atoms with E-state index in [9.17, 15) is 13.7 Å². The zero-order chi connectivity index (χ0) is 51.0. The number of hydrogen-bond acceptors (Lipinski definition) is 1. The van der Waals surface area contributed by atoms with E-state index in [-0.39, 0.29) is 5.39 Å². The number of furan rings is 1. The lowest BCUT2D eigenvalue weighted by Gasteiger charge is -2.20. The third-order valence-electron chi connectivity index (χ3n) is 7.01. The summed E-state index contributed by atoms with van der Waals surface area (Å²) in [7, 11) is 0. The topological polar surface area (TPSA) is 13.1 Å². The Morgan fingerprint density at radius 2 is 0.860 bits per heavy atom. The fourth-order valence-corrected chi connectivity index (χ4v) is 5.23. The number of benzene rings is 8. The van der Waals surface area contributed by atoms with Gasteiger partial charge in [0.2, 0.25) is 0 Å². The zero-order valence-electron chi connectivity index (χ0n) is 47.4. The Balaban J connectivity index is 1.65. The van der Waals surface area contributed by atoms with Crippen molar-refractivity contribution in [2.75, 3.05) is 0 Å². The Hall–Kier alpha value is -5.66. The summed E-state index contributed by atoms with van der Waals surface area (Å²) >= 11 is 0. The molecule has 0 fully saturated rings. The van der Waals surface area contributed by atoms with Gasteiger partial charge >= 0.3 is 0 Å². The van der Waals surface area contributed by atoms with Gasteiger partial charge in [0.25, 0.3) is 0 Å². The van der Waals surface area contributed by atoms with Crippen LogP contribution in [0.2, 0.25) is 0 Å². The molecule has 9 rings (SSSR count). The highest BCUT2D eigenvalue weighted by Crippen LogP contribution is 2.47. The quantitative estimate of drug-likeness (QED) is 0.192. The average Bonchev–Trinajstić information content (AvgIpc) is 3.74. The average molecular weight is 573 g/mol. The van der Waals surface area contributed by atoms with E-state index in [2.05, 4.69) is 0 Å². The highest BCUT2D eigenvalue weighted by Gasteiger charge is 2.20. The number of rotatable bonds is 3. The molecule has 1 aromatic heterocycles. The molecule has 0 aliphatic rings. The maximum Gasteiger partial charge on any atom is 0.136 e. The van der Waals surface area contributed by atoms with Crippen molar-refractivity contribution in [1.29, 1.82) is 0 Å². The summed E-state index contributed by atoms with van der Waals surface area (Å²) in [4.78, 5) is 0. The first-order chi connectivity index (χ1) is 32.2. The molecule has 200 valence electrons. The minimum Gasteiger partial charge on any atom is -0.456 e. The molecule has 0 N–H and O–H groups in total. The summed E-state index contributed by atoms with van der Waals surface area (Å²) < 4.78 is 239. The van der Waals surface area contributed by atoms with E-state index in [4.69, 9.17) is 26.3 Å². The normalized spacial score (nSPS) is 20.2. The van der Waals surface area contributed by atoms with E-state index < -0.39 is 239 Å². The molecule has 0 aliphatic heterocycles. The third kappa shape index (κ3) is 3.65. The SMILES string of the molecule is [2H]c1c([2H])c([2H])c(-c2c3c([2H])c([2H])c([2H])c([2H])c3c(-c3c([2H])c([2H])c4c(oc5c([2H])c([2H])c([2H])c([2H])c54)c3[2H])c3c([2H])c([2H])c([2H])c([2H])c23)c(-c2c([2H])c([2H])c([2H])c3c([2H])c([2H])c([2H])c([2H])c23)c1[2H]. The summed E-state index contributed by atoms with van der Waals surface area (Å²) in [6.07, 6.45) is 0. The van der Waals surface area contributed by atoms with Crippen LogP contribution in [0.4, 0.5) is 0 Å². The lowest BCUT2D eigenvalue weighted by molar-refractivity contribution is 0.669. The first-order valence-electron chi connectivity index (χ1n) is 25.7. The minimum absolute atomic E-state index is 0.380. The first-order valence-corrected chi connectivity index (χ1v) is 12.7. The molecule has 0 amide bonds. The van der Waals surface area contributed by atoms with Crippen molar-refractivity contribution in [3.63, 3.8) is 0 Å². The van der Waals surface area contributed by atoms with Gasteiger partial charge in [-0.25, -0.2) is 0 Å². The maximum absolute atomic E-state index is 9.56. The molecule has 1 nitrogen and oxygen atoms in total. The number of para-hydroxylation sites is 1. The smallest absolute Gasteiger partial charge is 0.136 e. The van der Waals surface area contributed by atoms with Crippen molar-refractivity contribution in [2.24, 2.45) is 0 Å². The zero-order valence-corrected chi connectivity index (χ0v) is 21.4. The molecular weight excluding hydrogens is 520 g/mol. The monoisotopic (exact) mass is 572 g/mol. The van der Waals surface area contributed by atoms with E-state index >= 15 is 0 Å². The van der Waals surface area contributed by atoms with E-state index in [0.29, 0.717) is 0 Å². The van der Waals surface area contributed by atoms with Crippen molar-refractivity contribution in [3.8, 4) is 33.4 Å². The Bertz CT molecular complexity index is 3880. The van der Waals surface area contributed by atoms with Crippen LogP contribution in [0.25, 0.3) is 87.6 Å². The second-order valence-corrected chi connectivity index (χ2v) is 9.26. The van der Waals surface area contributed by atoms with Gasteiger partial charge in [0, 0.05) is 10.8 Å². The fraction of sp³-hybridized carbons (Fsp3) is 0. The lowest BCUT2D eigenvalue weighted by Crippen LogP contribution is -1.93. The van der Waals surface area contributed by atoms with Crippen LogP contribution in [0.15, 0.2) is 162 Å². The largest absolute Gasteiger partial charge is 0.456 e. The summed E-state index contributed by atoms with van der Waals surface area (Å²) in [6.45, 7) is 0. The van der Waals surface area contributed by atoms with Crippen LogP contribution < -0.4 is 0 Å². The van der Waals surface area contributed by atoms with Crippen LogP contribution in [-0.2, 0) is 0 Å². The molecule has 0 spiro atoms. The second-order valence-electron chi connectivity index (χ2n) is 9.26. The van der Waals surface area contributed by atoms with Crippen LogP contribution in [-0.4, -0.2) is 0 Å². The molecule has 0 bridgehead atoms. The summed E-state index contributed by atoms with van der Waals surface area (Å²) in [6, 6.07) is -24.2. The van der Waals surface area contributed by atoms with Gasteiger partial charge in [-0.3, -0.25) is 0 Å². The van der Waals surface area contributed by atoms with Gasteiger partial charge in [-0.05, 0) is 83.8 Å². The van der Waals surface area contributed by atoms with Gasteiger partial charge < -0.3 is 4.42 Å². The van der Waals surface area contributed by atoms with Crippen molar-refractivity contribution < 1.29 is 40.1 Å². The summed E-state index contributed by atoms with van der Waals surface area (Å²) in [5, 5.41) is -5.15. The summed E-state index contributed by atoms with van der Waals surface area (Å²) in [5.41, 5.74) is -5.86. The van der Waals surface area contributed by atoms with Gasteiger partial charge in [0.15, 0.2) is 0 Å². The molecule has 8 aromatic carbocycles. The highest BCUT2D eigenvalue weighted by molar-refractivity contribution is 6.23. The van der Waals surface area contributed by atoms with Crippen LogP contribution >= 0.6 is 0 Å². The Kier molecular flexibility index (Phi) is 2.13. The Labute approximate surface area is 285 Å². The molecule has 0 unspecified atom stereocenters. The van der Waals surface area contributed by atoms with Gasteiger partial charge in [0.05, 0.1) is 35.6 Å². The Morgan fingerprint density at radius 3 is 1.60 bits per heavy atom. The highest BCUT2D eigenvalue weighted by atomic mass is 16.3. The van der Waals surface area contributed by atoms with E-state index in [1.165, 1.54) is 0 Å². The van der Waals surface area contributed by atoms with E-state index in [1.54, 1.807) is 0 Å². The van der Waals surface area contributed by atoms with Gasteiger partial charge in [0.1, 0.15) is 11.2 Å². The molecule has 1 heterocycles. The molecule has 0 aliphatic carbocycles. The van der Waals surface area contributed by atoms with Crippen molar-refractivity contribution >= 4 is 54.3 Å². The van der Waals surface area contributed by atoms with E-state index in [1.807, 2.05) is 0 Å². The molecule has 0 saturated carbocycles. The van der Waals surface area contributed by atoms with Crippen LogP contribution in [0, 0.1) is 0 Å². The molecule has 9 aromatic rings. The maximum atomic E-state index is 9.56. The molecule has 0 saturated heterocycles. The molecule has 1 heteroatoms.